The van der Waals surface area contributed by atoms with Crippen LogP contribution in [0.3, 0.4) is 0 Å². The van der Waals surface area contributed by atoms with Crippen LogP contribution in [0.2, 0.25) is 10.0 Å². The van der Waals surface area contributed by atoms with Crippen molar-refractivity contribution in [3.8, 4) is 5.75 Å². The van der Waals surface area contributed by atoms with E-state index in [-0.39, 0.29) is 0 Å². The fraction of sp³-hybridized carbons (Fsp3) is 0.389. The van der Waals surface area contributed by atoms with Crippen LogP contribution in [0.4, 0.5) is 0 Å². The molecule has 2 unspecified atom stereocenters. The van der Waals surface area contributed by atoms with Crippen molar-refractivity contribution in [1.82, 2.24) is 9.29 Å². The average molecular weight is 401 g/mol. The van der Waals surface area contributed by atoms with E-state index in [9.17, 15) is 4.55 Å². The number of hydrogen-bond donors (Lipinski definition) is 0. The van der Waals surface area contributed by atoms with Gasteiger partial charge in [-0.3, -0.25) is 4.98 Å². The maximum atomic E-state index is 13.1. The molecule has 0 N–H and O–H groups in total. The van der Waals surface area contributed by atoms with Crippen LogP contribution in [-0.4, -0.2) is 32.7 Å². The van der Waals surface area contributed by atoms with Gasteiger partial charge in [-0.05, 0) is 50.6 Å². The molecule has 2 rings (SSSR count). The third-order valence-electron chi connectivity index (χ3n) is 3.76. The summed E-state index contributed by atoms with van der Waals surface area (Å²) in [6, 6.07) is 6.81. The molecular formula is C18H22Cl2N2O2S. The molecule has 0 radical (unpaired) electrons. The molecule has 0 spiro atoms. The fourth-order valence-corrected chi connectivity index (χ4v) is 4.32. The minimum Gasteiger partial charge on any atom is -0.597 e. The molecule has 7 heteroatoms. The topological polar surface area (TPSA) is 48.4 Å². The molecule has 2 atom stereocenters. The van der Waals surface area contributed by atoms with Crippen molar-refractivity contribution in [3.05, 3.63) is 57.8 Å². The van der Waals surface area contributed by atoms with Crippen LogP contribution in [0.15, 0.2) is 36.7 Å². The summed E-state index contributed by atoms with van der Waals surface area (Å²) < 4.78 is 19.9. The van der Waals surface area contributed by atoms with Crippen molar-refractivity contribution in [2.45, 2.75) is 31.6 Å². The number of aromatic nitrogens is 1. The van der Waals surface area contributed by atoms with Gasteiger partial charge >= 0.3 is 0 Å². The smallest absolute Gasteiger partial charge is 0.137 e. The number of methoxy groups -OCH3 is 1. The summed E-state index contributed by atoms with van der Waals surface area (Å²) >= 11 is 11.5. The van der Waals surface area contributed by atoms with E-state index < -0.39 is 22.2 Å². The Balaban J connectivity index is 2.68. The second kappa shape index (κ2) is 8.14. The van der Waals surface area contributed by atoms with Gasteiger partial charge in [-0.1, -0.05) is 23.2 Å². The zero-order chi connectivity index (χ0) is 18.8. The number of halogens is 2. The summed E-state index contributed by atoms with van der Waals surface area (Å²) in [6.45, 7) is 5.79. The summed E-state index contributed by atoms with van der Waals surface area (Å²) in [5, 5.41) is 0.812. The molecule has 0 fully saturated rings. The molecular weight excluding hydrogens is 379 g/mol. The van der Waals surface area contributed by atoms with Crippen molar-refractivity contribution in [2.75, 3.05) is 14.2 Å². The van der Waals surface area contributed by atoms with E-state index in [1.54, 1.807) is 35.9 Å². The monoisotopic (exact) mass is 400 g/mol. The summed E-state index contributed by atoms with van der Waals surface area (Å²) in [4.78, 5) is 4.07. The molecule has 1 heterocycles. The van der Waals surface area contributed by atoms with E-state index in [0.29, 0.717) is 21.4 Å². The van der Waals surface area contributed by atoms with Crippen LogP contribution in [0.1, 0.15) is 37.9 Å². The van der Waals surface area contributed by atoms with Crippen LogP contribution in [0, 0.1) is 0 Å². The van der Waals surface area contributed by atoms with E-state index >= 15 is 0 Å². The summed E-state index contributed by atoms with van der Waals surface area (Å²) in [6.07, 6.45) is 3.39. The zero-order valence-electron chi connectivity index (χ0n) is 14.9. The Hall–Kier alpha value is -0.980. The lowest BCUT2D eigenvalue weighted by atomic mass is 9.98. The standard InChI is InChI=1S/C18H22Cl2N2O2S/c1-18(2,3)25(23)22(4)17(12-8-10-21-11-9-12)15-14(24-5)7-6-13(19)16(15)20/h6-11,17H,1-5H3. The van der Waals surface area contributed by atoms with Gasteiger partial charge in [0.05, 0.1) is 17.2 Å². The van der Waals surface area contributed by atoms with Crippen LogP contribution >= 0.6 is 23.2 Å². The first-order valence-electron chi connectivity index (χ1n) is 7.75. The molecule has 0 aliphatic heterocycles. The predicted molar refractivity (Wildman–Crippen MR) is 105 cm³/mol. The zero-order valence-corrected chi connectivity index (χ0v) is 17.2. The molecule has 2 aromatic rings. The molecule has 0 amide bonds. The average Bonchev–Trinajstić information content (AvgIpc) is 2.58. The highest BCUT2D eigenvalue weighted by Crippen LogP contribution is 2.43. The van der Waals surface area contributed by atoms with E-state index in [1.165, 1.54) is 0 Å². The fourth-order valence-electron chi connectivity index (χ4n) is 2.61. The number of nitrogens with zero attached hydrogens (tertiary/aromatic N) is 2. The highest BCUT2D eigenvalue weighted by Gasteiger charge is 2.38. The van der Waals surface area contributed by atoms with Crippen molar-refractivity contribution in [2.24, 2.45) is 0 Å². The molecule has 1 aromatic carbocycles. The second-order valence-corrected chi connectivity index (χ2v) is 9.65. The Kier molecular flexibility index (Phi) is 6.62. The van der Waals surface area contributed by atoms with Gasteiger partial charge in [-0.25, -0.2) is 0 Å². The van der Waals surface area contributed by atoms with Crippen LogP contribution in [-0.2, 0) is 11.4 Å². The van der Waals surface area contributed by atoms with Crippen molar-refractivity contribution in [3.63, 3.8) is 0 Å². The lowest BCUT2D eigenvalue weighted by Crippen LogP contribution is -2.43. The first-order valence-corrected chi connectivity index (χ1v) is 9.61. The molecule has 0 saturated heterocycles. The highest BCUT2D eigenvalue weighted by molar-refractivity contribution is 7.90. The van der Waals surface area contributed by atoms with Gasteiger partial charge in [-0.2, -0.15) is 0 Å². The number of benzene rings is 1. The first kappa shape index (κ1) is 20.3. The normalized spacial score (nSPS) is 14.4. The Morgan fingerprint density at radius 1 is 1.16 bits per heavy atom. The van der Waals surface area contributed by atoms with Gasteiger partial charge in [0.25, 0.3) is 0 Å². The minimum absolute atomic E-state index is 0.389. The third kappa shape index (κ3) is 4.41. The molecule has 25 heavy (non-hydrogen) atoms. The first-order chi connectivity index (χ1) is 11.7. The Labute approximate surface area is 162 Å². The maximum Gasteiger partial charge on any atom is 0.137 e. The molecule has 0 bridgehead atoms. The largest absolute Gasteiger partial charge is 0.597 e. The SMILES string of the molecule is COc1ccc(Cl)c(Cl)c1C(c1ccncc1)N(C)[S+]([O-])C(C)(C)C. The quantitative estimate of drug-likeness (QED) is 0.670. The number of pyridine rings is 1. The maximum absolute atomic E-state index is 13.1. The van der Waals surface area contributed by atoms with Crippen molar-refractivity contribution in [1.29, 1.82) is 0 Å². The van der Waals surface area contributed by atoms with Gasteiger partial charge in [0.1, 0.15) is 16.5 Å². The van der Waals surface area contributed by atoms with Crippen LogP contribution in [0.5, 0.6) is 5.75 Å². The van der Waals surface area contributed by atoms with Gasteiger partial charge in [0.15, 0.2) is 0 Å². The highest BCUT2D eigenvalue weighted by atomic mass is 35.5. The Bertz CT molecular complexity index is 723. The molecule has 0 aliphatic rings. The number of rotatable bonds is 5. The van der Waals surface area contributed by atoms with Crippen molar-refractivity contribution < 1.29 is 9.29 Å². The summed E-state index contributed by atoms with van der Waals surface area (Å²) in [7, 11) is 3.39. The molecule has 0 aliphatic carbocycles. The van der Waals surface area contributed by atoms with Gasteiger partial charge in [0.2, 0.25) is 0 Å². The second-order valence-electron chi connectivity index (χ2n) is 6.57. The van der Waals surface area contributed by atoms with E-state index in [4.69, 9.17) is 27.9 Å². The molecule has 4 nitrogen and oxygen atoms in total. The van der Waals surface area contributed by atoms with E-state index in [1.807, 2.05) is 40.0 Å². The summed E-state index contributed by atoms with van der Waals surface area (Å²) in [5.74, 6) is 0.592. The molecule has 1 aromatic heterocycles. The minimum atomic E-state index is -1.28. The lowest BCUT2D eigenvalue weighted by Gasteiger charge is -2.36. The van der Waals surface area contributed by atoms with Crippen LogP contribution in [0.25, 0.3) is 0 Å². The van der Waals surface area contributed by atoms with E-state index in [0.717, 1.165) is 5.56 Å². The Morgan fingerprint density at radius 2 is 1.76 bits per heavy atom. The van der Waals surface area contributed by atoms with Crippen LogP contribution < -0.4 is 4.74 Å². The number of hydrogen-bond acceptors (Lipinski definition) is 4. The van der Waals surface area contributed by atoms with E-state index in [2.05, 4.69) is 4.98 Å². The predicted octanol–water partition coefficient (Wildman–Crippen LogP) is 4.88. The Morgan fingerprint density at radius 3 is 2.28 bits per heavy atom. The van der Waals surface area contributed by atoms with Gasteiger partial charge in [-0.15, -0.1) is 4.31 Å². The van der Waals surface area contributed by atoms with Crippen molar-refractivity contribution >= 4 is 34.6 Å². The molecule has 0 saturated carbocycles. The van der Waals surface area contributed by atoms with Gasteiger partial charge in [0, 0.05) is 36.4 Å². The molecule has 136 valence electrons. The number of ether oxygens (including phenoxy) is 1. The summed E-state index contributed by atoms with van der Waals surface area (Å²) in [5.41, 5.74) is 1.58. The third-order valence-corrected chi connectivity index (χ3v) is 6.36. The van der Waals surface area contributed by atoms with Gasteiger partial charge < -0.3 is 9.29 Å². The lowest BCUT2D eigenvalue weighted by molar-refractivity contribution is 0.371.